The van der Waals surface area contributed by atoms with Crippen molar-refractivity contribution in [3.63, 3.8) is 0 Å². The molecular formula is C22H25N3O3. The van der Waals surface area contributed by atoms with Crippen molar-refractivity contribution in [3.8, 4) is 5.75 Å². The lowest BCUT2D eigenvalue weighted by Crippen LogP contribution is -2.32. The van der Waals surface area contributed by atoms with Crippen molar-refractivity contribution >= 4 is 11.8 Å². The molecule has 1 fully saturated rings. The second-order valence-electron chi connectivity index (χ2n) is 7.54. The monoisotopic (exact) mass is 379 g/mol. The molecule has 1 unspecified atom stereocenters. The van der Waals surface area contributed by atoms with Gasteiger partial charge in [0.25, 0.3) is 0 Å². The topological polar surface area (TPSA) is 71.5 Å². The van der Waals surface area contributed by atoms with Crippen molar-refractivity contribution in [2.24, 2.45) is 5.92 Å². The molecule has 1 atom stereocenters. The number of ether oxygens (including phenoxy) is 1. The fourth-order valence-corrected chi connectivity index (χ4v) is 4.12. The van der Waals surface area contributed by atoms with Crippen LogP contribution in [0.3, 0.4) is 0 Å². The summed E-state index contributed by atoms with van der Waals surface area (Å²) >= 11 is 0. The highest BCUT2D eigenvalue weighted by molar-refractivity contribution is 5.89. The van der Waals surface area contributed by atoms with Crippen LogP contribution in [-0.4, -0.2) is 35.4 Å². The van der Waals surface area contributed by atoms with E-state index in [0.717, 1.165) is 29.7 Å². The van der Waals surface area contributed by atoms with Gasteiger partial charge < -0.3 is 15.0 Å². The lowest BCUT2D eigenvalue weighted by molar-refractivity contribution is -0.129. The first-order valence-electron chi connectivity index (χ1n) is 9.77. The Hall–Kier alpha value is -2.89. The number of aromatic nitrogens is 1. The Bertz CT molecular complexity index is 882. The molecule has 4 rings (SSSR count). The van der Waals surface area contributed by atoms with E-state index in [4.69, 9.17) is 4.74 Å². The smallest absolute Gasteiger partial charge is 0.225 e. The third-order valence-electron chi connectivity index (χ3n) is 5.63. The van der Waals surface area contributed by atoms with Gasteiger partial charge in [-0.1, -0.05) is 12.1 Å². The Morgan fingerprint density at radius 2 is 2.14 bits per heavy atom. The minimum atomic E-state index is -0.315. The van der Waals surface area contributed by atoms with E-state index >= 15 is 0 Å². The quantitative estimate of drug-likeness (QED) is 0.836. The van der Waals surface area contributed by atoms with Gasteiger partial charge >= 0.3 is 0 Å². The van der Waals surface area contributed by atoms with Crippen molar-refractivity contribution in [2.75, 3.05) is 13.7 Å². The van der Waals surface area contributed by atoms with Crippen LogP contribution in [0.1, 0.15) is 35.1 Å². The van der Waals surface area contributed by atoms with E-state index in [9.17, 15) is 9.59 Å². The zero-order chi connectivity index (χ0) is 19.5. The molecule has 0 saturated carbocycles. The summed E-state index contributed by atoms with van der Waals surface area (Å²) in [7, 11) is 1.66. The Labute approximate surface area is 164 Å². The lowest BCUT2D eigenvalue weighted by Gasteiger charge is -2.17. The van der Waals surface area contributed by atoms with Gasteiger partial charge in [-0.3, -0.25) is 14.6 Å². The molecule has 2 aliphatic rings. The molecule has 1 aromatic heterocycles. The number of methoxy groups -OCH3 is 1. The molecule has 0 radical (unpaired) electrons. The van der Waals surface area contributed by atoms with Crippen LogP contribution in [-0.2, 0) is 35.5 Å². The third kappa shape index (κ3) is 3.86. The fraction of sp³-hybridized carbons (Fsp3) is 0.409. The summed E-state index contributed by atoms with van der Waals surface area (Å²) in [4.78, 5) is 30.8. The second-order valence-corrected chi connectivity index (χ2v) is 7.54. The molecule has 1 N–H and O–H groups in total. The number of hydrogen-bond donors (Lipinski definition) is 1. The first-order valence-corrected chi connectivity index (χ1v) is 9.77. The van der Waals surface area contributed by atoms with Gasteiger partial charge in [-0.05, 0) is 48.1 Å². The predicted octanol–water partition coefficient (Wildman–Crippen LogP) is 2.24. The van der Waals surface area contributed by atoms with Gasteiger partial charge in [-0.15, -0.1) is 0 Å². The Morgan fingerprint density at radius 1 is 1.32 bits per heavy atom. The van der Waals surface area contributed by atoms with Gasteiger partial charge in [0.2, 0.25) is 11.8 Å². The highest BCUT2D eigenvalue weighted by Gasteiger charge is 2.34. The molecule has 6 nitrogen and oxygen atoms in total. The summed E-state index contributed by atoms with van der Waals surface area (Å²) in [6.07, 6.45) is 7.06. The standard InChI is InChI=1S/C22H25N3O3/c1-28-20-9-17-6-2-5-16(17)8-18(20)12-24-22(27)19-10-21(26)25(14-19)13-15-4-3-7-23-11-15/h3-4,7-9,11,19H,2,5-6,10,12-14H2,1H3,(H,24,27). The number of likely N-dealkylation sites (tertiary alicyclic amines) is 1. The first kappa shape index (κ1) is 18.5. The number of benzene rings is 1. The van der Waals surface area contributed by atoms with Crippen molar-refractivity contribution in [1.82, 2.24) is 15.2 Å². The molecule has 2 amide bonds. The minimum absolute atomic E-state index is 0.0131. The van der Waals surface area contributed by atoms with Gasteiger partial charge in [0.15, 0.2) is 0 Å². The van der Waals surface area contributed by atoms with E-state index in [1.54, 1.807) is 24.4 Å². The van der Waals surface area contributed by atoms with E-state index in [1.165, 1.54) is 17.5 Å². The highest BCUT2D eigenvalue weighted by atomic mass is 16.5. The molecule has 1 aliphatic heterocycles. The molecule has 1 aromatic carbocycles. The number of hydrogen-bond acceptors (Lipinski definition) is 4. The zero-order valence-corrected chi connectivity index (χ0v) is 16.1. The molecule has 0 spiro atoms. The van der Waals surface area contributed by atoms with Crippen LogP contribution in [0, 0.1) is 5.92 Å². The fourth-order valence-electron chi connectivity index (χ4n) is 4.12. The average molecular weight is 379 g/mol. The van der Waals surface area contributed by atoms with Gasteiger partial charge in [0.1, 0.15) is 5.75 Å². The summed E-state index contributed by atoms with van der Waals surface area (Å²) in [5.74, 6) is 0.440. The maximum Gasteiger partial charge on any atom is 0.225 e. The van der Waals surface area contributed by atoms with E-state index < -0.39 is 0 Å². The van der Waals surface area contributed by atoms with E-state index in [0.29, 0.717) is 19.6 Å². The summed E-state index contributed by atoms with van der Waals surface area (Å²) in [6, 6.07) is 8.03. The molecule has 0 bridgehead atoms. The third-order valence-corrected chi connectivity index (χ3v) is 5.63. The van der Waals surface area contributed by atoms with Crippen LogP contribution >= 0.6 is 0 Å². The summed E-state index contributed by atoms with van der Waals surface area (Å²) in [5, 5.41) is 3.00. The van der Waals surface area contributed by atoms with Crippen LogP contribution in [0.5, 0.6) is 5.75 Å². The van der Waals surface area contributed by atoms with Gasteiger partial charge in [-0.2, -0.15) is 0 Å². The van der Waals surface area contributed by atoms with E-state index in [-0.39, 0.29) is 24.2 Å². The number of carbonyl (C=O) groups is 2. The van der Waals surface area contributed by atoms with Crippen LogP contribution in [0.15, 0.2) is 36.7 Å². The molecule has 1 saturated heterocycles. The molecule has 2 heterocycles. The molecule has 28 heavy (non-hydrogen) atoms. The average Bonchev–Trinajstić information content (AvgIpc) is 3.32. The Balaban J connectivity index is 1.36. The molecule has 1 aliphatic carbocycles. The van der Waals surface area contributed by atoms with Gasteiger partial charge in [0, 0.05) is 44.0 Å². The van der Waals surface area contributed by atoms with Crippen molar-refractivity contribution in [2.45, 2.75) is 38.8 Å². The minimum Gasteiger partial charge on any atom is -0.496 e. The van der Waals surface area contributed by atoms with Crippen LogP contribution < -0.4 is 10.1 Å². The largest absolute Gasteiger partial charge is 0.496 e. The van der Waals surface area contributed by atoms with Crippen molar-refractivity contribution in [3.05, 3.63) is 58.9 Å². The number of aryl methyl sites for hydroxylation is 2. The summed E-state index contributed by atoms with van der Waals surface area (Å²) in [6.45, 7) is 1.36. The highest BCUT2D eigenvalue weighted by Crippen LogP contribution is 2.30. The Morgan fingerprint density at radius 3 is 2.89 bits per heavy atom. The van der Waals surface area contributed by atoms with E-state index in [1.807, 2.05) is 12.1 Å². The number of nitrogens with zero attached hydrogens (tertiary/aromatic N) is 2. The van der Waals surface area contributed by atoms with Gasteiger partial charge in [0.05, 0.1) is 13.0 Å². The maximum atomic E-state index is 12.7. The van der Waals surface area contributed by atoms with Crippen LogP contribution in [0.2, 0.25) is 0 Å². The van der Waals surface area contributed by atoms with Gasteiger partial charge in [-0.25, -0.2) is 0 Å². The predicted molar refractivity (Wildman–Crippen MR) is 105 cm³/mol. The first-order chi connectivity index (χ1) is 13.6. The zero-order valence-electron chi connectivity index (χ0n) is 16.1. The van der Waals surface area contributed by atoms with E-state index in [2.05, 4.69) is 22.4 Å². The maximum absolute atomic E-state index is 12.7. The normalized spacial score (nSPS) is 18.2. The molecule has 2 aromatic rings. The van der Waals surface area contributed by atoms with Crippen LogP contribution in [0.25, 0.3) is 0 Å². The molecule has 6 heteroatoms. The van der Waals surface area contributed by atoms with Crippen molar-refractivity contribution < 1.29 is 14.3 Å². The number of pyridine rings is 1. The SMILES string of the molecule is COc1cc2c(cc1CNC(=O)C1CC(=O)N(Cc3cccnc3)C1)CCC2. The number of rotatable bonds is 6. The Kier molecular flexibility index (Phi) is 5.28. The summed E-state index contributed by atoms with van der Waals surface area (Å²) in [5.41, 5.74) is 4.66. The van der Waals surface area contributed by atoms with Crippen molar-refractivity contribution in [1.29, 1.82) is 0 Å². The molecular weight excluding hydrogens is 354 g/mol. The number of amides is 2. The summed E-state index contributed by atoms with van der Waals surface area (Å²) < 4.78 is 5.51. The number of nitrogens with one attached hydrogen (secondary N) is 1. The number of carbonyl (C=O) groups excluding carboxylic acids is 2. The van der Waals surface area contributed by atoms with Crippen LogP contribution in [0.4, 0.5) is 0 Å². The molecule has 146 valence electrons. The second kappa shape index (κ2) is 8.00. The number of fused-ring (bicyclic) bond motifs is 1. The lowest BCUT2D eigenvalue weighted by atomic mass is 10.0.